The van der Waals surface area contributed by atoms with Gasteiger partial charge in [-0.25, -0.2) is 8.42 Å². The van der Waals surface area contributed by atoms with Crippen molar-refractivity contribution in [3.63, 3.8) is 0 Å². The summed E-state index contributed by atoms with van der Waals surface area (Å²) in [5.74, 6) is 0. The normalized spacial score (nSPS) is 24.5. The predicted octanol–water partition coefficient (Wildman–Crippen LogP) is -0.705. The van der Waals surface area contributed by atoms with Crippen LogP contribution < -0.4 is 0 Å². The van der Waals surface area contributed by atoms with Gasteiger partial charge in [0.05, 0.1) is 11.7 Å². The Morgan fingerprint density at radius 2 is 2.08 bits per heavy atom. The van der Waals surface area contributed by atoms with Crippen LogP contribution in [0, 0.1) is 11.3 Å². The van der Waals surface area contributed by atoms with Crippen LogP contribution in [0.5, 0.6) is 0 Å². The SMILES string of the molecule is CC(C#N)S(=O)(=O)N1CC(C)(O)C1. The third-order valence-corrected chi connectivity index (χ3v) is 4.00. The Morgan fingerprint density at radius 3 is 2.38 bits per heavy atom. The molecule has 1 unspecified atom stereocenters. The summed E-state index contributed by atoms with van der Waals surface area (Å²) in [4.78, 5) is 0. The van der Waals surface area contributed by atoms with Gasteiger partial charge in [0.15, 0.2) is 5.25 Å². The highest BCUT2D eigenvalue weighted by Crippen LogP contribution is 2.25. The Kier molecular flexibility index (Phi) is 2.36. The summed E-state index contributed by atoms with van der Waals surface area (Å²) in [6.45, 7) is 3.07. The van der Waals surface area contributed by atoms with Crippen molar-refractivity contribution in [2.24, 2.45) is 0 Å². The first kappa shape index (κ1) is 10.4. The molecule has 1 aliphatic heterocycles. The topological polar surface area (TPSA) is 81.4 Å². The lowest BCUT2D eigenvalue weighted by molar-refractivity contribution is -0.0427. The Balaban J connectivity index is 2.72. The van der Waals surface area contributed by atoms with Gasteiger partial charge in [-0.15, -0.1) is 0 Å². The Bertz CT molecular complexity index is 333. The number of nitrogens with zero attached hydrogens (tertiary/aromatic N) is 2. The van der Waals surface area contributed by atoms with E-state index in [1.165, 1.54) is 6.92 Å². The molecule has 0 saturated carbocycles. The first-order valence-electron chi connectivity index (χ1n) is 3.90. The van der Waals surface area contributed by atoms with E-state index in [0.717, 1.165) is 4.31 Å². The lowest BCUT2D eigenvalue weighted by Crippen LogP contribution is -2.62. The van der Waals surface area contributed by atoms with E-state index in [4.69, 9.17) is 5.26 Å². The maximum absolute atomic E-state index is 11.4. The second-order valence-corrected chi connectivity index (χ2v) is 5.83. The largest absolute Gasteiger partial charge is 0.387 e. The molecule has 13 heavy (non-hydrogen) atoms. The summed E-state index contributed by atoms with van der Waals surface area (Å²) < 4.78 is 24.0. The number of sulfonamides is 1. The molecule has 5 nitrogen and oxygen atoms in total. The quantitative estimate of drug-likeness (QED) is 0.644. The first-order chi connectivity index (χ1) is 5.79. The third-order valence-electron chi connectivity index (χ3n) is 2.02. The molecule has 1 aliphatic rings. The molecule has 0 aliphatic carbocycles. The Labute approximate surface area is 77.6 Å². The summed E-state index contributed by atoms with van der Waals surface area (Å²) in [6, 6.07) is 1.67. The van der Waals surface area contributed by atoms with Gasteiger partial charge in [-0.2, -0.15) is 9.57 Å². The molecule has 1 atom stereocenters. The standard InChI is InChI=1S/C7H12N2O3S/c1-6(3-8)13(11,12)9-4-7(2,10)5-9/h6,10H,4-5H2,1-2H3. The molecule has 0 radical (unpaired) electrons. The summed E-state index contributed by atoms with van der Waals surface area (Å²) >= 11 is 0. The average molecular weight is 204 g/mol. The van der Waals surface area contributed by atoms with Crippen LogP contribution in [0.1, 0.15) is 13.8 Å². The second-order valence-electron chi connectivity index (χ2n) is 3.58. The lowest BCUT2D eigenvalue weighted by Gasteiger charge is -2.43. The Hall–Kier alpha value is -0.640. The van der Waals surface area contributed by atoms with E-state index in [1.54, 1.807) is 13.0 Å². The predicted molar refractivity (Wildman–Crippen MR) is 46.2 cm³/mol. The van der Waals surface area contributed by atoms with Crippen molar-refractivity contribution in [3.8, 4) is 6.07 Å². The van der Waals surface area contributed by atoms with Gasteiger partial charge in [-0.1, -0.05) is 0 Å². The van der Waals surface area contributed by atoms with Crippen molar-refractivity contribution in [2.45, 2.75) is 24.7 Å². The molecule has 0 amide bonds. The number of hydrogen-bond acceptors (Lipinski definition) is 4. The van der Waals surface area contributed by atoms with E-state index in [1.807, 2.05) is 0 Å². The van der Waals surface area contributed by atoms with E-state index in [-0.39, 0.29) is 13.1 Å². The number of β-amino-alcohol motifs (C(OH)–C–C–N with tert-alkyl or cyclic N) is 1. The zero-order chi connectivity index (χ0) is 10.3. The monoisotopic (exact) mass is 204 g/mol. The molecule has 0 aromatic carbocycles. The van der Waals surface area contributed by atoms with Crippen molar-refractivity contribution in [3.05, 3.63) is 0 Å². The highest BCUT2D eigenvalue weighted by molar-refractivity contribution is 7.90. The van der Waals surface area contributed by atoms with Gasteiger partial charge in [0.1, 0.15) is 0 Å². The van der Waals surface area contributed by atoms with Crippen molar-refractivity contribution >= 4 is 10.0 Å². The fraction of sp³-hybridized carbons (Fsp3) is 0.857. The molecule has 0 bridgehead atoms. The van der Waals surface area contributed by atoms with Crippen molar-refractivity contribution in [2.75, 3.05) is 13.1 Å². The van der Waals surface area contributed by atoms with Gasteiger partial charge >= 0.3 is 0 Å². The van der Waals surface area contributed by atoms with Crippen LogP contribution >= 0.6 is 0 Å². The third kappa shape index (κ3) is 1.82. The van der Waals surface area contributed by atoms with Gasteiger partial charge in [-0.05, 0) is 13.8 Å². The summed E-state index contributed by atoms with van der Waals surface area (Å²) in [6.07, 6.45) is 0. The number of rotatable bonds is 2. The molecule has 1 heterocycles. The minimum atomic E-state index is -3.51. The van der Waals surface area contributed by atoms with Gasteiger partial charge in [0.2, 0.25) is 10.0 Å². The van der Waals surface area contributed by atoms with E-state index >= 15 is 0 Å². The van der Waals surface area contributed by atoms with E-state index in [9.17, 15) is 13.5 Å². The number of nitriles is 1. The number of hydrogen-bond donors (Lipinski definition) is 1. The molecular weight excluding hydrogens is 192 g/mol. The van der Waals surface area contributed by atoms with Crippen molar-refractivity contribution in [1.82, 2.24) is 4.31 Å². The van der Waals surface area contributed by atoms with Gasteiger partial charge in [-0.3, -0.25) is 0 Å². The fourth-order valence-electron chi connectivity index (χ4n) is 1.18. The molecule has 1 saturated heterocycles. The van der Waals surface area contributed by atoms with Crippen LogP contribution in [0.15, 0.2) is 0 Å². The lowest BCUT2D eigenvalue weighted by atomic mass is 10.0. The van der Waals surface area contributed by atoms with Crippen LogP contribution in [-0.4, -0.2) is 41.8 Å². The molecule has 74 valence electrons. The van der Waals surface area contributed by atoms with E-state index in [2.05, 4.69) is 0 Å². The molecule has 0 spiro atoms. The van der Waals surface area contributed by atoms with Gasteiger partial charge in [0.25, 0.3) is 0 Å². The van der Waals surface area contributed by atoms with Crippen molar-refractivity contribution in [1.29, 1.82) is 5.26 Å². The maximum atomic E-state index is 11.4. The number of aliphatic hydroxyl groups is 1. The van der Waals surface area contributed by atoms with Crippen LogP contribution in [-0.2, 0) is 10.0 Å². The summed E-state index contributed by atoms with van der Waals surface area (Å²) in [5.41, 5.74) is -0.928. The second kappa shape index (κ2) is 2.94. The zero-order valence-electron chi connectivity index (χ0n) is 7.56. The molecule has 1 N–H and O–H groups in total. The molecule has 1 fully saturated rings. The molecular formula is C7H12N2O3S. The van der Waals surface area contributed by atoms with Crippen LogP contribution in [0.4, 0.5) is 0 Å². The smallest absolute Gasteiger partial charge is 0.230 e. The van der Waals surface area contributed by atoms with E-state index < -0.39 is 20.9 Å². The first-order valence-corrected chi connectivity index (χ1v) is 5.41. The minimum absolute atomic E-state index is 0.0847. The Morgan fingerprint density at radius 1 is 1.62 bits per heavy atom. The molecule has 6 heteroatoms. The van der Waals surface area contributed by atoms with Crippen LogP contribution in [0.25, 0.3) is 0 Å². The molecule has 1 rings (SSSR count). The highest BCUT2D eigenvalue weighted by Gasteiger charge is 2.45. The molecule has 0 aromatic heterocycles. The average Bonchev–Trinajstić information content (AvgIpc) is 1.98. The van der Waals surface area contributed by atoms with Crippen LogP contribution in [0.3, 0.4) is 0 Å². The van der Waals surface area contributed by atoms with Gasteiger partial charge < -0.3 is 5.11 Å². The summed E-state index contributed by atoms with van der Waals surface area (Å²) in [7, 11) is -3.51. The summed E-state index contributed by atoms with van der Waals surface area (Å²) in [5, 5.41) is 16.7. The maximum Gasteiger partial charge on any atom is 0.230 e. The minimum Gasteiger partial charge on any atom is -0.387 e. The van der Waals surface area contributed by atoms with Crippen LogP contribution in [0.2, 0.25) is 0 Å². The zero-order valence-corrected chi connectivity index (χ0v) is 8.37. The van der Waals surface area contributed by atoms with Gasteiger partial charge in [0, 0.05) is 13.1 Å². The van der Waals surface area contributed by atoms with Crippen molar-refractivity contribution < 1.29 is 13.5 Å². The van der Waals surface area contributed by atoms with E-state index in [0.29, 0.717) is 0 Å². The highest BCUT2D eigenvalue weighted by atomic mass is 32.2. The fourth-order valence-corrected chi connectivity index (χ4v) is 2.68. The molecule has 0 aromatic rings.